The molecule has 2 fully saturated rings. The Labute approximate surface area is 146 Å². The molecule has 0 radical (unpaired) electrons. The van der Waals surface area contributed by atoms with Gasteiger partial charge in [-0.2, -0.15) is 0 Å². The van der Waals surface area contributed by atoms with E-state index in [1.54, 1.807) is 4.90 Å². The quantitative estimate of drug-likeness (QED) is 0.606. The fourth-order valence-electron chi connectivity index (χ4n) is 5.06. The Hall–Kier alpha value is -2.43. The summed E-state index contributed by atoms with van der Waals surface area (Å²) in [6, 6.07) is 8.12. The Morgan fingerprint density at radius 1 is 1.00 bits per heavy atom. The molecule has 5 rings (SSSR count). The van der Waals surface area contributed by atoms with Gasteiger partial charge < -0.3 is 4.90 Å². The van der Waals surface area contributed by atoms with Crippen molar-refractivity contribution in [2.45, 2.75) is 19.4 Å². The van der Waals surface area contributed by atoms with Crippen LogP contribution in [0.15, 0.2) is 36.4 Å². The summed E-state index contributed by atoms with van der Waals surface area (Å²) in [6.07, 6.45) is 5.88. The zero-order chi connectivity index (χ0) is 17.1. The maximum Gasteiger partial charge on any atom is 0.243 e. The number of hydrogen-bond donors (Lipinski definition) is 0. The van der Waals surface area contributed by atoms with Gasteiger partial charge in [-0.05, 0) is 35.8 Å². The van der Waals surface area contributed by atoms with E-state index in [9.17, 15) is 14.4 Å². The van der Waals surface area contributed by atoms with E-state index in [-0.39, 0.29) is 47.9 Å². The fraction of sp³-hybridized carbons (Fsp3) is 0.450. The number of fused-ring (bicyclic) bond motifs is 6. The van der Waals surface area contributed by atoms with Crippen LogP contribution in [0.4, 0.5) is 0 Å². The van der Waals surface area contributed by atoms with Gasteiger partial charge in [0.15, 0.2) is 0 Å². The third-order valence-corrected chi connectivity index (χ3v) is 6.34. The van der Waals surface area contributed by atoms with Crippen molar-refractivity contribution in [3.63, 3.8) is 0 Å². The standard InChI is InChI=1S/C20H20N2O3/c23-16(21-8-7-12-3-1-2-4-15(12)10-21)11-22-19(24)17-13-5-6-14(9-13)18(17)20(22)25/h1-6,13-14,17-18H,7-11H2. The summed E-state index contributed by atoms with van der Waals surface area (Å²) in [5, 5.41) is 0. The molecule has 1 aromatic carbocycles. The van der Waals surface area contributed by atoms with Crippen molar-refractivity contribution in [1.82, 2.24) is 9.80 Å². The first-order valence-electron chi connectivity index (χ1n) is 9.01. The van der Waals surface area contributed by atoms with E-state index in [0.29, 0.717) is 13.1 Å². The molecule has 2 heterocycles. The predicted molar refractivity (Wildman–Crippen MR) is 90.0 cm³/mol. The summed E-state index contributed by atoms with van der Waals surface area (Å²) in [7, 11) is 0. The highest BCUT2D eigenvalue weighted by molar-refractivity contribution is 6.08. The number of carbonyl (C=O) groups is 3. The van der Waals surface area contributed by atoms with Gasteiger partial charge in [-0.1, -0.05) is 36.4 Å². The molecule has 4 unspecified atom stereocenters. The van der Waals surface area contributed by atoms with Crippen LogP contribution in [0.1, 0.15) is 17.5 Å². The first-order valence-corrected chi connectivity index (χ1v) is 9.01. The third-order valence-electron chi connectivity index (χ3n) is 6.34. The molecule has 2 aliphatic carbocycles. The Morgan fingerprint density at radius 2 is 1.64 bits per heavy atom. The molecule has 25 heavy (non-hydrogen) atoms. The van der Waals surface area contributed by atoms with Crippen LogP contribution in [0, 0.1) is 23.7 Å². The molecule has 4 aliphatic rings. The summed E-state index contributed by atoms with van der Waals surface area (Å²) in [5.74, 6) is -0.483. The second-order valence-electron chi connectivity index (χ2n) is 7.60. The number of nitrogens with zero attached hydrogens (tertiary/aromatic N) is 2. The van der Waals surface area contributed by atoms with Crippen LogP contribution in [0.5, 0.6) is 0 Å². The minimum atomic E-state index is -0.225. The zero-order valence-corrected chi connectivity index (χ0v) is 13.9. The molecule has 1 aromatic rings. The lowest BCUT2D eigenvalue weighted by molar-refractivity contribution is -0.147. The SMILES string of the molecule is O=C(CN1C(=O)C2C3C=CC(C3)C2C1=O)N1CCc2ccccc2C1. The molecule has 2 bridgehead atoms. The Bertz CT molecular complexity index is 785. The van der Waals surface area contributed by atoms with E-state index in [4.69, 9.17) is 0 Å². The number of benzene rings is 1. The van der Waals surface area contributed by atoms with E-state index >= 15 is 0 Å². The number of amides is 3. The smallest absolute Gasteiger partial charge is 0.243 e. The normalized spacial score (nSPS) is 32.3. The molecule has 0 spiro atoms. The van der Waals surface area contributed by atoms with Crippen molar-refractivity contribution in [1.29, 1.82) is 0 Å². The second-order valence-corrected chi connectivity index (χ2v) is 7.60. The van der Waals surface area contributed by atoms with Gasteiger partial charge in [0.05, 0.1) is 11.8 Å². The van der Waals surface area contributed by atoms with Crippen molar-refractivity contribution in [3.8, 4) is 0 Å². The predicted octanol–water partition coefficient (Wildman–Crippen LogP) is 1.38. The topological polar surface area (TPSA) is 57.7 Å². The molecular weight excluding hydrogens is 316 g/mol. The molecule has 1 saturated heterocycles. The number of imide groups is 1. The molecule has 2 aliphatic heterocycles. The molecule has 3 amide bonds. The molecular formula is C20H20N2O3. The molecule has 4 atom stereocenters. The first-order chi connectivity index (χ1) is 12.1. The lowest BCUT2D eigenvalue weighted by Gasteiger charge is -2.30. The minimum Gasteiger partial charge on any atom is -0.336 e. The largest absolute Gasteiger partial charge is 0.336 e. The highest BCUT2D eigenvalue weighted by Crippen LogP contribution is 2.52. The van der Waals surface area contributed by atoms with E-state index in [0.717, 1.165) is 18.4 Å². The van der Waals surface area contributed by atoms with Crippen LogP contribution >= 0.6 is 0 Å². The fourth-order valence-corrected chi connectivity index (χ4v) is 5.06. The van der Waals surface area contributed by atoms with Crippen LogP contribution in [0.2, 0.25) is 0 Å². The van der Waals surface area contributed by atoms with Crippen molar-refractivity contribution < 1.29 is 14.4 Å². The summed E-state index contributed by atoms with van der Waals surface area (Å²) < 4.78 is 0. The number of carbonyl (C=O) groups excluding carboxylic acids is 3. The van der Waals surface area contributed by atoms with E-state index < -0.39 is 0 Å². The first kappa shape index (κ1) is 14.9. The highest BCUT2D eigenvalue weighted by Gasteiger charge is 2.59. The average Bonchev–Trinajstić information content (AvgIpc) is 3.31. The lowest BCUT2D eigenvalue weighted by atomic mass is 9.85. The average molecular weight is 336 g/mol. The van der Waals surface area contributed by atoms with Gasteiger partial charge in [0.1, 0.15) is 6.54 Å². The summed E-state index contributed by atoms with van der Waals surface area (Å²) >= 11 is 0. The van der Waals surface area contributed by atoms with E-state index in [1.807, 2.05) is 18.2 Å². The zero-order valence-electron chi connectivity index (χ0n) is 13.9. The van der Waals surface area contributed by atoms with Gasteiger partial charge in [0.2, 0.25) is 17.7 Å². The van der Waals surface area contributed by atoms with Crippen LogP contribution in [-0.2, 0) is 27.3 Å². The Kier molecular flexibility index (Phi) is 3.14. The summed E-state index contributed by atoms with van der Waals surface area (Å²) in [6.45, 7) is 1.10. The highest BCUT2D eigenvalue weighted by atomic mass is 16.2. The molecule has 5 heteroatoms. The third kappa shape index (κ3) is 2.11. The Balaban J connectivity index is 1.31. The number of rotatable bonds is 2. The van der Waals surface area contributed by atoms with Gasteiger partial charge in [0, 0.05) is 13.1 Å². The molecule has 0 N–H and O–H groups in total. The van der Waals surface area contributed by atoms with Gasteiger partial charge >= 0.3 is 0 Å². The second kappa shape index (κ2) is 5.28. The molecule has 5 nitrogen and oxygen atoms in total. The van der Waals surface area contributed by atoms with Gasteiger partial charge in [-0.25, -0.2) is 0 Å². The van der Waals surface area contributed by atoms with E-state index in [1.165, 1.54) is 10.5 Å². The summed E-state index contributed by atoms with van der Waals surface area (Å²) in [4.78, 5) is 41.1. The lowest BCUT2D eigenvalue weighted by Crippen LogP contribution is -2.45. The molecule has 0 aromatic heterocycles. The Morgan fingerprint density at radius 3 is 2.32 bits per heavy atom. The number of likely N-dealkylation sites (tertiary alicyclic amines) is 1. The van der Waals surface area contributed by atoms with Crippen LogP contribution in [0.3, 0.4) is 0 Å². The van der Waals surface area contributed by atoms with Gasteiger partial charge in [-0.15, -0.1) is 0 Å². The van der Waals surface area contributed by atoms with Crippen LogP contribution < -0.4 is 0 Å². The van der Waals surface area contributed by atoms with Crippen LogP contribution in [-0.4, -0.2) is 40.6 Å². The van der Waals surface area contributed by atoms with Gasteiger partial charge in [0.25, 0.3) is 0 Å². The van der Waals surface area contributed by atoms with Gasteiger partial charge in [-0.3, -0.25) is 19.3 Å². The van der Waals surface area contributed by atoms with Crippen LogP contribution in [0.25, 0.3) is 0 Å². The van der Waals surface area contributed by atoms with Crippen molar-refractivity contribution in [3.05, 3.63) is 47.5 Å². The molecule has 1 saturated carbocycles. The van der Waals surface area contributed by atoms with E-state index in [2.05, 4.69) is 18.2 Å². The number of allylic oxidation sites excluding steroid dienone is 2. The number of hydrogen-bond acceptors (Lipinski definition) is 3. The summed E-state index contributed by atoms with van der Waals surface area (Å²) in [5.41, 5.74) is 2.43. The minimum absolute atomic E-state index is 0.105. The van der Waals surface area contributed by atoms with Crippen molar-refractivity contribution >= 4 is 17.7 Å². The maximum absolute atomic E-state index is 12.7. The maximum atomic E-state index is 12.7. The van der Waals surface area contributed by atoms with Crippen molar-refractivity contribution in [2.24, 2.45) is 23.7 Å². The van der Waals surface area contributed by atoms with Crippen molar-refractivity contribution in [2.75, 3.05) is 13.1 Å². The molecule has 128 valence electrons. The monoisotopic (exact) mass is 336 g/mol.